The summed E-state index contributed by atoms with van der Waals surface area (Å²) in [6.45, 7) is 0. The maximum absolute atomic E-state index is 12.7. The number of carbonyl (C=O) groups is 1. The second kappa shape index (κ2) is 5.72. The third-order valence-corrected chi connectivity index (χ3v) is 4.40. The fourth-order valence-electron chi connectivity index (χ4n) is 3.13. The maximum Gasteiger partial charge on any atom is 0.272 e. The van der Waals surface area contributed by atoms with Crippen LogP contribution in [0.25, 0.3) is 10.9 Å². The summed E-state index contributed by atoms with van der Waals surface area (Å²) in [6.07, 6.45) is 4.65. The monoisotopic (exact) mass is 283 g/mol. The second-order valence-corrected chi connectivity index (χ2v) is 5.68. The number of hydrogen-bond acceptors (Lipinski definition) is 3. The van der Waals surface area contributed by atoms with E-state index in [1.807, 2.05) is 49.3 Å². The molecule has 0 aliphatic heterocycles. The van der Waals surface area contributed by atoms with Crippen LogP contribution in [0.2, 0.25) is 0 Å². The number of carbonyl (C=O) groups excluding carboxylic acids is 1. The standard InChI is InChI=1S/C17H21N3O/c1-18-15-11-16(19-14-10-6-5-9-13(14)15)17(21)20(2)12-7-3-4-8-12/h5-6,9-12H,3-4,7-8H2,1-2H3,(H,18,19). The number of rotatable bonds is 3. The molecule has 1 aliphatic carbocycles. The zero-order chi connectivity index (χ0) is 14.8. The number of anilines is 1. The number of para-hydroxylation sites is 1. The summed E-state index contributed by atoms with van der Waals surface area (Å²) in [7, 11) is 3.77. The zero-order valence-corrected chi connectivity index (χ0v) is 12.6. The third-order valence-electron chi connectivity index (χ3n) is 4.40. The van der Waals surface area contributed by atoms with Crippen molar-refractivity contribution < 1.29 is 4.79 Å². The average molecular weight is 283 g/mol. The average Bonchev–Trinajstić information content (AvgIpc) is 3.06. The van der Waals surface area contributed by atoms with Crippen LogP contribution in [0.15, 0.2) is 30.3 Å². The van der Waals surface area contributed by atoms with Crippen molar-refractivity contribution in [1.82, 2.24) is 9.88 Å². The summed E-state index contributed by atoms with van der Waals surface area (Å²) in [5.74, 6) is 0.0177. The molecule has 110 valence electrons. The molecule has 1 N–H and O–H groups in total. The van der Waals surface area contributed by atoms with E-state index < -0.39 is 0 Å². The lowest BCUT2D eigenvalue weighted by atomic mass is 10.1. The van der Waals surface area contributed by atoms with E-state index in [9.17, 15) is 4.79 Å². The third kappa shape index (κ3) is 2.58. The van der Waals surface area contributed by atoms with Gasteiger partial charge >= 0.3 is 0 Å². The lowest BCUT2D eigenvalue weighted by Gasteiger charge is -2.24. The van der Waals surface area contributed by atoms with Gasteiger partial charge in [0.15, 0.2) is 0 Å². The molecule has 21 heavy (non-hydrogen) atoms. The number of amides is 1. The Kier molecular flexibility index (Phi) is 3.78. The van der Waals surface area contributed by atoms with E-state index >= 15 is 0 Å². The molecule has 0 atom stereocenters. The van der Waals surface area contributed by atoms with Gasteiger partial charge in [0.25, 0.3) is 5.91 Å². The maximum atomic E-state index is 12.7. The SMILES string of the molecule is CNc1cc(C(=O)N(C)C2CCCC2)nc2ccccc12. The van der Waals surface area contributed by atoms with Gasteiger partial charge in [-0.15, -0.1) is 0 Å². The summed E-state index contributed by atoms with van der Waals surface area (Å²) in [6, 6.07) is 10.1. The van der Waals surface area contributed by atoms with Gasteiger partial charge in [-0.05, 0) is 25.0 Å². The Morgan fingerprint density at radius 1 is 1.29 bits per heavy atom. The summed E-state index contributed by atoms with van der Waals surface area (Å²) in [5.41, 5.74) is 2.32. The molecule has 1 aromatic heterocycles. The van der Waals surface area contributed by atoms with Crippen molar-refractivity contribution in [2.75, 3.05) is 19.4 Å². The van der Waals surface area contributed by atoms with Gasteiger partial charge in [0.2, 0.25) is 0 Å². The largest absolute Gasteiger partial charge is 0.388 e. The Hall–Kier alpha value is -2.10. The van der Waals surface area contributed by atoms with Gasteiger partial charge in [0.05, 0.1) is 5.52 Å². The van der Waals surface area contributed by atoms with Crippen molar-refractivity contribution in [3.8, 4) is 0 Å². The van der Waals surface area contributed by atoms with Crippen LogP contribution < -0.4 is 5.32 Å². The summed E-state index contributed by atoms with van der Waals surface area (Å²) < 4.78 is 0. The molecule has 0 bridgehead atoms. The fraction of sp³-hybridized carbons (Fsp3) is 0.412. The summed E-state index contributed by atoms with van der Waals surface area (Å²) in [4.78, 5) is 19.1. The molecule has 0 radical (unpaired) electrons. The normalized spacial score (nSPS) is 15.3. The highest BCUT2D eigenvalue weighted by molar-refractivity contribution is 5.99. The van der Waals surface area contributed by atoms with Crippen LogP contribution in [0.1, 0.15) is 36.2 Å². The molecule has 1 aliphatic rings. The van der Waals surface area contributed by atoms with Crippen molar-refractivity contribution in [2.45, 2.75) is 31.7 Å². The van der Waals surface area contributed by atoms with Gasteiger partial charge < -0.3 is 10.2 Å². The molecule has 4 nitrogen and oxygen atoms in total. The van der Waals surface area contributed by atoms with Gasteiger partial charge in [0.1, 0.15) is 5.69 Å². The minimum atomic E-state index is 0.0177. The first-order valence-electron chi connectivity index (χ1n) is 7.55. The van der Waals surface area contributed by atoms with E-state index in [2.05, 4.69) is 10.3 Å². The Morgan fingerprint density at radius 3 is 2.71 bits per heavy atom. The molecule has 0 saturated heterocycles. The van der Waals surface area contributed by atoms with Gasteiger partial charge in [-0.1, -0.05) is 31.0 Å². The molecular formula is C17H21N3O. The number of hydrogen-bond donors (Lipinski definition) is 1. The molecule has 1 fully saturated rings. The van der Waals surface area contributed by atoms with Crippen LogP contribution in [0.4, 0.5) is 5.69 Å². The Bertz CT molecular complexity index is 662. The molecule has 1 heterocycles. The number of aromatic nitrogens is 1. The Morgan fingerprint density at radius 2 is 2.00 bits per heavy atom. The fourth-order valence-corrected chi connectivity index (χ4v) is 3.13. The van der Waals surface area contributed by atoms with Crippen LogP contribution >= 0.6 is 0 Å². The van der Waals surface area contributed by atoms with Gasteiger partial charge in [-0.3, -0.25) is 4.79 Å². The van der Waals surface area contributed by atoms with Gasteiger partial charge in [-0.25, -0.2) is 4.98 Å². The topological polar surface area (TPSA) is 45.2 Å². The Balaban J connectivity index is 1.97. The molecule has 1 saturated carbocycles. The van der Waals surface area contributed by atoms with Crippen LogP contribution in [-0.4, -0.2) is 35.9 Å². The van der Waals surface area contributed by atoms with Crippen LogP contribution in [0, 0.1) is 0 Å². The van der Waals surface area contributed by atoms with E-state index in [0.29, 0.717) is 11.7 Å². The first kappa shape index (κ1) is 13.9. The highest BCUT2D eigenvalue weighted by Crippen LogP contribution is 2.26. The minimum absolute atomic E-state index is 0.0177. The summed E-state index contributed by atoms with van der Waals surface area (Å²) in [5, 5.41) is 4.20. The predicted molar refractivity (Wildman–Crippen MR) is 85.6 cm³/mol. The first-order chi connectivity index (χ1) is 10.2. The number of nitrogens with zero attached hydrogens (tertiary/aromatic N) is 2. The van der Waals surface area contributed by atoms with Crippen molar-refractivity contribution in [3.05, 3.63) is 36.0 Å². The highest BCUT2D eigenvalue weighted by atomic mass is 16.2. The zero-order valence-electron chi connectivity index (χ0n) is 12.6. The van der Waals surface area contributed by atoms with E-state index in [1.54, 1.807) is 0 Å². The lowest BCUT2D eigenvalue weighted by Crippen LogP contribution is -2.35. The second-order valence-electron chi connectivity index (χ2n) is 5.68. The van der Waals surface area contributed by atoms with Gasteiger partial charge in [0, 0.05) is 31.2 Å². The van der Waals surface area contributed by atoms with Crippen LogP contribution in [0.5, 0.6) is 0 Å². The van der Waals surface area contributed by atoms with E-state index in [1.165, 1.54) is 12.8 Å². The lowest BCUT2D eigenvalue weighted by molar-refractivity contribution is 0.0729. The predicted octanol–water partition coefficient (Wildman–Crippen LogP) is 3.29. The molecule has 1 aromatic carbocycles. The molecule has 4 heteroatoms. The highest BCUT2D eigenvalue weighted by Gasteiger charge is 2.25. The first-order valence-corrected chi connectivity index (χ1v) is 7.55. The van der Waals surface area contributed by atoms with Crippen LogP contribution in [0.3, 0.4) is 0 Å². The minimum Gasteiger partial charge on any atom is -0.388 e. The molecule has 2 aromatic rings. The molecular weight excluding hydrogens is 262 g/mol. The van der Waals surface area contributed by atoms with E-state index in [0.717, 1.165) is 29.4 Å². The van der Waals surface area contributed by atoms with E-state index in [4.69, 9.17) is 0 Å². The van der Waals surface area contributed by atoms with Crippen molar-refractivity contribution in [3.63, 3.8) is 0 Å². The number of pyridine rings is 1. The van der Waals surface area contributed by atoms with Crippen LogP contribution in [-0.2, 0) is 0 Å². The van der Waals surface area contributed by atoms with Crippen molar-refractivity contribution in [2.24, 2.45) is 0 Å². The number of nitrogens with one attached hydrogen (secondary N) is 1. The van der Waals surface area contributed by atoms with Gasteiger partial charge in [-0.2, -0.15) is 0 Å². The quantitative estimate of drug-likeness (QED) is 0.940. The van der Waals surface area contributed by atoms with Crippen molar-refractivity contribution >= 4 is 22.5 Å². The molecule has 1 amide bonds. The summed E-state index contributed by atoms with van der Waals surface area (Å²) >= 11 is 0. The molecule has 0 unspecified atom stereocenters. The number of benzene rings is 1. The Labute approximate surface area is 125 Å². The molecule has 0 spiro atoms. The smallest absolute Gasteiger partial charge is 0.272 e. The number of fused-ring (bicyclic) bond motifs is 1. The van der Waals surface area contributed by atoms with E-state index in [-0.39, 0.29) is 5.91 Å². The molecule has 3 rings (SSSR count). The van der Waals surface area contributed by atoms with Crippen molar-refractivity contribution in [1.29, 1.82) is 0 Å².